The number of allylic oxidation sites excluding steroid dienone is 1. The summed E-state index contributed by atoms with van der Waals surface area (Å²) in [6.45, 7) is 8.09. The highest BCUT2D eigenvalue weighted by Crippen LogP contribution is 2.14. The summed E-state index contributed by atoms with van der Waals surface area (Å²) in [4.78, 5) is 0. The molecule has 0 atom stereocenters. The second-order valence-corrected chi connectivity index (χ2v) is 4.93. The van der Waals surface area contributed by atoms with Gasteiger partial charge in [-0.3, -0.25) is 0 Å². The van der Waals surface area contributed by atoms with Crippen LogP contribution in [0.3, 0.4) is 0 Å². The van der Waals surface area contributed by atoms with Crippen LogP contribution in [0.1, 0.15) is 44.2 Å². The summed E-state index contributed by atoms with van der Waals surface area (Å²) in [5, 5.41) is 0. The summed E-state index contributed by atoms with van der Waals surface area (Å²) in [7, 11) is 0. The quantitative estimate of drug-likeness (QED) is 0.577. The highest BCUT2D eigenvalue weighted by atomic mass is 14.0. The molecule has 2 aromatic carbocycles. The fraction of sp³-hybridized carbons (Fsp3) is 0.238. The minimum atomic E-state index is 1.17. The molecule has 0 unspecified atom stereocenters. The van der Waals surface area contributed by atoms with Gasteiger partial charge in [-0.1, -0.05) is 105 Å². The third-order valence-electron chi connectivity index (χ3n) is 3.23. The van der Waals surface area contributed by atoms with E-state index in [1.54, 1.807) is 5.57 Å². The van der Waals surface area contributed by atoms with Gasteiger partial charge < -0.3 is 0 Å². The minimum absolute atomic E-state index is 1.17. The van der Waals surface area contributed by atoms with Crippen molar-refractivity contribution in [1.29, 1.82) is 0 Å². The maximum atomic E-state index is 3.63. The first-order valence-corrected chi connectivity index (χ1v) is 7.72. The molecule has 0 fully saturated rings. The molecule has 2 aromatic rings. The second kappa shape index (κ2) is 10.7. The van der Waals surface area contributed by atoms with E-state index in [2.05, 4.69) is 56.8 Å². The third kappa shape index (κ3) is 7.31. The number of hydrogen-bond acceptors (Lipinski definition) is 0. The fourth-order valence-electron chi connectivity index (χ4n) is 2.05. The molecule has 0 aliphatic carbocycles. The average Bonchev–Trinajstić information content (AvgIpc) is 2.57. The zero-order chi connectivity index (χ0) is 15.3. The molecule has 0 heterocycles. The maximum Gasteiger partial charge on any atom is -0.0257 e. The van der Waals surface area contributed by atoms with Crippen molar-refractivity contribution >= 4 is 12.2 Å². The second-order valence-electron chi connectivity index (χ2n) is 4.93. The molecule has 0 saturated carbocycles. The van der Waals surface area contributed by atoms with Crippen LogP contribution in [0.2, 0.25) is 0 Å². The molecule has 0 N–H and O–H groups in total. The van der Waals surface area contributed by atoms with Gasteiger partial charge in [0.1, 0.15) is 0 Å². The average molecular weight is 278 g/mol. The van der Waals surface area contributed by atoms with Gasteiger partial charge >= 0.3 is 0 Å². The van der Waals surface area contributed by atoms with Crippen molar-refractivity contribution < 1.29 is 0 Å². The van der Waals surface area contributed by atoms with Crippen LogP contribution in [0.15, 0.2) is 72.8 Å². The molecule has 0 aromatic heterocycles. The lowest BCUT2D eigenvalue weighted by Gasteiger charge is -2.01. The normalized spacial score (nSPS) is 10.5. The topological polar surface area (TPSA) is 0 Å². The Labute approximate surface area is 129 Å². The van der Waals surface area contributed by atoms with E-state index in [0.29, 0.717) is 0 Å². The van der Waals surface area contributed by atoms with E-state index in [9.17, 15) is 0 Å². The molecule has 2 rings (SSSR count). The van der Waals surface area contributed by atoms with Crippen LogP contribution < -0.4 is 0 Å². The van der Waals surface area contributed by atoms with Crippen LogP contribution in [0, 0.1) is 0 Å². The van der Waals surface area contributed by atoms with E-state index in [-0.39, 0.29) is 0 Å². The zero-order valence-electron chi connectivity index (χ0n) is 13.3. The van der Waals surface area contributed by atoms with E-state index in [1.165, 1.54) is 30.4 Å². The monoisotopic (exact) mass is 278 g/mol. The zero-order valence-corrected chi connectivity index (χ0v) is 13.3. The lowest BCUT2D eigenvalue weighted by atomic mass is 10.0. The van der Waals surface area contributed by atoms with Gasteiger partial charge in [0.25, 0.3) is 0 Å². The Morgan fingerprint density at radius 1 is 0.857 bits per heavy atom. The molecule has 0 bridgehead atoms. The van der Waals surface area contributed by atoms with E-state index in [0.717, 1.165) is 0 Å². The molecular formula is C21H26. The van der Waals surface area contributed by atoms with E-state index in [4.69, 9.17) is 0 Å². The van der Waals surface area contributed by atoms with Gasteiger partial charge in [0.15, 0.2) is 0 Å². The Bertz CT molecular complexity index is 520. The molecule has 0 aliphatic rings. The van der Waals surface area contributed by atoms with Crippen molar-refractivity contribution in [1.82, 2.24) is 0 Å². The van der Waals surface area contributed by atoms with Crippen LogP contribution in [0.5, 0.6) is 0 Å². The molecule has 0 heteroatoms. The van der Waals surface area contributed by atoms with Crippen molar-refractivity contribution in [3.8, 4) is 0 Å². The maximum absolute atomic E-state index is 3.63. The molecule has 0 saturated heterocycles. The van der Waals surface area contributed by atoms with Crippen LogP contribution in [-0.2, 0) is 0 Å². The van der Waals surface area contributed by atoms with Gasteiger partial charge in [0, 0.05) is 0 Å². The van der Waals surface area contributed by atoms with Gasteiger partial charge in [0.2, 0.25) is 0 Å². The highest BCUT2D eigenvalue weighted by Gasteiger charge is 1.92. The third-order valence-corrected chi connectivity index (χ3v) is 3.23. The van der Waals surface area contributed by atoms with Crippen molar-refractivity contribution in [3.05, 3.63) is 83.9 Å². The minimum Gasteiger partial charge on any atom is -0.0985 e. The molecule has 0 nitrogen and oxygen atoms in total. The first-order valence-electron chi connectivity index (χ1n) is 7.72. The van der Waals surface area contributed by atoms with E-state index >= 15 is 0 Å². The molecule has 0 amide bonds. The first-order chi connectivity index (χ1) is 10.3. The molecule has 21 heavy (non-hydrogen) atoms. The number of benzene rings is 2. The lowest BCUT2D eigenvalue weighted by molar-refractivity contribution is 0.866. The Hall–Kier alpha value is -2.08. The number of hydrogen-bond donors (Lipinski definition) is 0. The summed E-state index contributed by atoms with van der Waals surface area (Å²) in [5.74, 6) is 0. The Morgan fingerprint density at radius 3 is 1.76 bits per heavy atom. The van der Waals surface area contributed by atoms with Crippen molar-refractivity contribution in [2.24, 2.45) is 0 Å². The molecule has 0 radical (unpaired) electrons. The van der Waals surface area contributed by atoms with Gasteiger partial charge in [-0.05, 0) is 24.0 Å². The molecule has 0 spiro atoms. The summed E-state index contributed by atoms with van der Waals surface area (Å²) in [6.07, 6.45) is 7.78. The Balaban J connectivity index is 0.000000235. The largest absolute Gasteiger partial charge is 0.0985 e. The summed E-state index contributed by atoms with van der Waals surface area (Å²) in [6, 6.07) is 20.6. The van der Waals surface area contributed by atoms with Crippen LogP contribution in [0.4, 0.5) is 0 Å². The molecule has 0 aliphatic heterocycles. The standard InChI is InChI=1S/C13H18.C8H8/c1-3-8-12(4-2)11-13-9-6-5-7-10-13;1-2-8-6-4-3-5-7-8/h5-7,9-11H,3-4,8H2,1-2H3;2-7H,1H2. The highest BCUT2D eigenvalue weighted by molar-refractivity contribution is 5.52. The van der Waals surface area contributed by atoms with Gasteiger partial charge in [-0.25, -0.2) is 0 Å². The van der Waals surface area contributed by atoms with Crippen LogP contribution in [0.25, 0.3) is 12.2 Å². The number of rotatable bonds is 5. The van der Waals surface area contributed by atoms with Crippen molar-refractivity contribution in [2.45, 2.75) is 33.1 Å². The SMILES string of the molecule is C=Cc1ccccc1.CCCC(=Cc1ccccc1)CC. The van der Waals surface area contributed by atoms with E-state index < -0.39 is 0 Å². The first kappa shape index (κ1) is 17.0. The molecular weight excluding hydrogens is 252 g/mol. The summed E-state index contributed by atoms with van der Waals surface area (Å²) < 4.78 is 0. The van der Waals surface area contributed by atoms with Crippen molar-refractivity contribution in [3.63, 3.8) is 0 Å². The van der Waals surface area contributed by atoms with E-state index in [1.807, 2.05) is 36.4 Å². The van der Waals surface area contributed by atoms with Crippen LogP contribution in [-0.4, -0.2) is 0 Å². The predicted molar refractivity (Wildman–Crippen MR) is 96.2 cm³/mol. The van der Waals surface area contributed by atoms with Gasteiger partial charge in [0.05, 0.1) is 0 Å². The van der Waals surface area contributed by atoms with Crippen LogP contribution >= 0.6 is 0 Å². The fourth-order valence-corrected chi connectivity index (χ4v) is 2.05. The molecule has 110 valence electrons. The van der Waals surface area contributed by atoms with Gasteiger partial charge in [-0.2, -0.15) is 0 Å². The smallest absolute Gasteiger partial charge is 0.0257 e. The summed E-state index contributed by atoms with van der Waals surface area (Å²) >= 11 is 0. The lowest BCUT2D eigenvalue weighted by Crippen LogP contribution is -1.80. The predicted octanol–water partition coefficient (Wildman–Crippen LogP) is 6.61. The summed E-state index contributed by atoms with van der Waals surface area (Å²) in [5.41, 5.74) is 4.05. The van der Waals surface area contributed by atoms with Gasteiger partial charge in [-0.15, -0.1) is 0 Å². The van der Waals surface area contributed by atoms with Crippen molar-refractivity contribution in [2.75, 3.05) is 0 Å². The Morgan fingerprint density at radius 2 is 1.38 bits per heavy atom. The Kier molecular flexibility index (Phi) is 8.63.